The Bertz CT molecular complexity index is 297. The van der Waals surface area contributed by atoms with E-state index in [-0.39, 0.29) is 18.8 Å². The number of halogens is 3. The Morgan fingerprint density at radius 3 is 2.08 bits per heavy atom. The molecule has 0 aliphatic heterocycles. The number of hydrogen-bond donors (Lipinski definition) is 1. The van der Waals surface area contributed by atoms with Crippen LogP contribution in [0.2, 0.25) is 0 Å². The predicted molar refractivity (Wildman–Crippen MR) is 50.4 cm³/mol. The lowest BCUT2D eigenvalue weighted by atomic mass is 10.1. The minimum absolute atomic E-state index is 0. The number of alkyl halides is 2. The number of nitrogen functional groups attached to an aromatic ring is 1. The summed E-state index contributed by atoms with van der Waals surface area (Å²) in [7, 11) is 0. The third-order valence-corrected chi connectivity index (χ3v) is 2.16. The molecule has 13 heavy (non-hydrogen) atoms. The molecule has 72 valence electrons. The van der Waals surface area contributed by atoms with E-state index in [0.717, 1.165) is 0 Å². The van der Waals surface area contributed by atoms with Gasteiger partial charge in [0.1, 0.15) is 0 Å². The Morgan fingerprint density at radius 2 is 1.69 bits per heavy atom. The van der Waals surface area contributed by atoms with Crippen LogP contribution in [0.15, 0.2) is 24.3 Å². The monoisotopic (exact) mass is 205 g/mol. The van der Waals surface area contributed by atoms with E-state index in [1.165, 1.54) is 0 Å². The first-order valence-electron chi connectivity index (χ1n) is 3.83. The number of hydrogen-bond acceptors (Lipinski definition) is 1. The normalized spacial score (nSPS) is 23.4. The second-order valence-electron chi connectivity index (χ2n) is 3.18. The summed E-state index contributed by atoms with van der Waals surface area (Å²) in [5, 5.41) is 0. The third-order valence-electron chi connectivity index (χ3n) is 2.16. The van der Waals surface area contributed by atoms with Gasteiger partial charge in [0.2, 0.25) is 0 Å². The molecule has 1 aliphatic rings. The molecular weight excluding hydrogens is 196 g/mol. The molecule has 1 fully saturated rings. The molecule has 0 bridgehead atoms. The van der Waals surface area contributed by atoms with E-state index in [0.29, 0.717) is 11.3 Å². The number of anilines is 1. The fraction of sp³-hybridized carbons (Fsp3) is 0.333. The lowest BCUT2D eigenvalue weighted by Gasteiger charge is -1.98. The van der Waals surface area contributed by atoms with Crippen molar-refractivity contribution in [3.63, 3.8) is 0 Å². The number of rotatable bonds is 1. The molecule has 1 aromatic rings. The topological polar surface area (TPSA) is 26.0 Å². The predicted octanol–water partition coefficient (Wildman–Crippen LogP) is 2.81. The van der Waals surface area contributed by atoms with E-state index in [4.69, 9.17) is 5.73 Å². The van der Waals surface area contributed by atoms with Crippen molar-refractivity contribution in [1.29, 1.82) is 0 Å². The van der Waals surface area contributed by atoms with Crippen LogP contribution in [0.3, 0.4) is 0 Å². The van der Waals surface area contributed by atoms with Gasteiger partial charge in [0.25, 0.3) is 5.92 Å². The van der Waals surface area contributed by atoms with Crippen LogP contribution in [0.4, 0.5) is 14.5 Å². The van der Waals surface area contributed by atoms with Crippen LogP contribution in [0.5, 0.6) is 0 Å². The van der Waals surface area contributed by atoms with Gasteiger partial charge >= 0.3 is 0 Å². The van der Waals surface area contributed by atoms with Gasteiger partial charge in [-0.25, -0.2) is 8.78 Å². The molecule has 0 saturated heterocycles. The quantitative estimate of drug-likeness (QED) is 0.701. The molecule has 1 aromatic carbocycles. The largest absolute Gasteiger partial charge is 0.399 e. The van der Waals surface area contributed by atoms with E-state index < -0.39 is 11.8 Å². The molecule has 2 rings (SSSR count). The molecule has 0 heterocycles. The van der Waals surface area contributed by atoms with E-state index in [1.54, 1.807) is 24.3 Å². The lowest BCUT2D eigenvalue weighted by Crippen LogP contribution is -1.93. The maximum atomic E-state index is 12.6. The van der Waals surface area contributed by atoms with Crippen LogP contribution in [-0.4, -0.2) is 5.92 Å². The first-order valence-corrected chi connectivity index (χ1v) is 3.83. The lowest BCUT2D eigenvalue weighted by molar-refractivity contribution is 0.112. The Labute approximate surface area is 81.3 Å². The van der Waals surface area contributed by atoms with E-state index in [1.807, 2.05) is 0 Å². The molecular formula is C9H10ClF2N. The van der Waals surface area contributed by atoms with Crippen molar-refractivity contribution in [1.82, 2.24) is 0 Å². The van der Waals surface area contributed by atoms with Crippen molar-refractivity contribution >= 4 is 18.1 Å². The molecule has 2 N–H and O–H groups in total. The summed E-state index contributed by atoms with van der Waals surface area (Å²) in [6.07, 6.45) is -0.0169. The smallest absolute Gasteiger partial charge is 0.255 e. The van der Waals surface area contributed by atoms with Crippen LogP contribution in [0, 0.1) is 0 Å². The molecule has 0 aromatic heterocycles. The van der Waals surface area contributed by atoms with Gasteiger partial charge in [-0.2, -0.15) is 0 Å². The second kappa shape index (κ2) is 3.14. The maximum Gasteiger partial charge on any atom is 0.255 e. The maximum absolute atomic E-state index is 12.6. The highest BCUT2D eigenvalue weighted by molar-refractivity contribution is 5.85. The molecule has 1 nitrogen and oxygen atoms in total. The Hall–Kier alpha value is -0.830. The molecule has 4 heteroatoms. The van der Waals surface area contributed by atoms with Crippen molar-refractivity contribution in [2.24, 2.45) is 0 Å². The molecule has 0 amide bonds. The van der Waals surface area contributed by atoms with Crippen molar-refractivity contribution in [2.45, 2.75) is 18.3 Å². The zero-order chi connectivity index (χ0) is 8.77. The fourth-order valence-electron chi connectivity index (χ4n) is 1.30. The number of benzene rings is 1. The van der Waals surface area contributed by atoms with Crippen molar-refractivity contribution < 1.29 is 8.78 Å². The summed E-state index contributed by atoms with van der Waals surface area (Å²) < 4.78 is 25.1. The third kappa shape index (κ3) is 1.91. The van der Waals surface area contributed by atoms with Crippen LogP contribution < -0.4 is 5.73 Å². The summed E-state index contributed by atoms with van der Waals surface area (Å²) >= 11 is 0. The standard InChI is InChI=1S/C9H9F2N.ClH/c10-9(11)5-8(9)6-1-3-7(12)4-2-6;/h1-4,8H,5,12H2;1H. The van der Waals surface area contributed by atoms with Gasteiger partial charge in [0, 0.05) is 12.1 Å². The molecule has 1 saturated carbocycles. The first kappa shape index (κ1) is 10.3. The summed E-state index contributed by atoms with van der Waals surface area (Å²) in [4.78, 5) is 0. The Kier molecular flexibility index (Phi) is 2.48. The Balaban J connectivity index is 0.000000845. The van der Waals surface area contributed by atoms with Crippen molar-refractivity contribution in [3.05, 3.63) is 29.8 Å². The van der Waals surface area contributed by atoms with Gasteiger partial charge in [-0.15, -0.1) is 12.4 Å². The highest BCUT2D eigenvalue weighted by Crippen LogP contribution is 2.55. The minimum atomic E-state index is -2.48. The van der Waals surface area contributed by atoms with E-state index in [9.17, 15) is 8.78 Å². The highest BCUT2D eigenvalue weighted by Gasteiger charge is 2.57. The SMILES string of the molecule is Cl.Nc1ccc(C2CC2(F)F)cc1. The Morgan fingerprint density at radius 1 is 1.23 bits per heavy atom. The molecule has 0 spiro atoms. The fourth-order valence-corrected chi connectivity index (χ4v) is 1.30. The average molecular weight is 206 g/mol. The van der Waals surface area contributed by atoms with Crippen molar-refractivity contribution in [3.8, 4) is 0 Å². The van der Waals surface area contributed by atoms with Crippen LogP contribution >= 0.6 is 12.4 Å². The summed E-state index contributed by atoms with van der Waals surface area (Å²) in [5.41, 5.74) is 6.73. The average Bonchev–Trinajstić information content (AvgIpc) is 2.61. The van der Waals surface area contributed by atoms with Gasteiger partial charge in [-0.3, -0.25) is 0 Å². The van der Waals surface area contributed by atoms with Gasteiger partial charge in [0.05, 0.1) is 5.92 Å². The van der Waals surface area contributed by atoms with Gasteiger partial charge in [-0.1, -0.05) is 12.1 Å². The summed E-state index contributed by atoms with van der Waals surface area (Å²) in [6, 6.07) is 6.65. The molecule has 1 atom stereocenters. The van der Waals surface area contributed by atoms with Gasteiger partial charge in [-0.05, 0) is 17.7 Å². The molecule has 1 aliphatic carbocycles. The van der Waals surface area contributed by atoms with E-state index >= 15 is 0 Å². The summed E-state index contributed by atoms with van der Waals surface area (Å²) in [6.45, 7) is 0. The number of nitrogens with two attached hydrogens (primary N) is 1. The van der Waals surface area contributed by atoms with E-state index in [2.05, 4.69) is 0 Å². The zero-order valence-corrected chi connectivity index (χ0v) is 7.65. The van der Waals surface area contributed by atoms with Crippen LogP contribution in [0.1, 0.15) is 17.9 Å². The van der Waals surface area contributed by atoms with Gasteiger partial charge < -0.3 is 5.73 Å². The second-order valence-corrected chi connectivity index (χ2v) is 3.18. The molecule has 1 unspecified atom stereocenters. The van der Waals surface area contributed by atoms with Crippen molar-refractivity contribution in [2.75, 3.05) is 5.73 Å². The zero-order valence-electron chi connectivity index (χ0n) is 6.84. The summed E-state index contributed by atoms with van der Waals surface area (Å²) in [5.74, 6) is -3.05. The molecule has 0 radical (unpaired) electrons. The van der Waals surface area contributed by atoms with Crippen LogP contribution in [0.25, 0.3) is 0 Å². The van der Waals surface area contributed by atoms with Gasteiger partial charge in [0.15, 0.2) is 0 Å². The minimum Gasteiger partial charge on any atom is -0.399 e. The highest BCUT2D eigenvalue weighted by atomic mass is 35.5. The first-order chi connectivity index (χ1) is 5.59. The van der Waals surface area contributed by atoms with Crippen LogP contribution in [-0.2, 0) is 0 Å².